The summed E-state index contributed by atoms with van der Waals surface area (Å²) in [5.74, 6) is 1.60. The summed E-state index contributed by atoms with van der Waals surface area (Å²) < 4.78 is 5.50. The minimum absolute atomic E-state index is 0.183. The van der Waals surface area contributed by atoms with Crippen molar-refractivity contribution < 1.29 is 9.32 Å². The lowest BCUT2D eigenvalue weighted by Gasteiger charge is -2.48. The fourth-order valence-electron chi connectivity index (χ4n) is 4.52. The molecule has 3 heterocycles. The van der Waals surface area contributed by atoms with E-state index < -0.39 is 0 Å². The maximum atomic E-state index is 12.3. The molecule has 1 spiro atoms. The summed E-state index contributed by atoms with van der Waals surface area (Å²) in [5.41, 5.74) is 1.13. The van der Waals surface area contributed by atoms with Crippen LogP contribution in [-0.4, -0.2) is 46.6 Å². The van der Waals surface area contributed by atoms with E-state index in [-0.39, 0.29) is 5.41 Å². The summed E-state index contributed by atoms with van der Waals surface area (Å²) in [6, 6.07) is 10.4. The monoisotopic (exact) mass is 352 g/mol. The number of likely N-dealkylation sites (tertiary alicyclic amines) is 1. The largest absolute Gasteiger partial charge is 0.339 e. The Morgan fingerprint density at radius 3 is 2.77 bits per heavy atom. The minimum atomic E-state index is 0.183. The van der Waals surface area contributed by atoms with E-state index >= 15 is 0 Å². The molecule has 1 aromatic carbocycles. The molecule has 1 amide bonds. The van der Waals surface area contributed by atoms with Gasteiger partial charge in [0, 0.05) is 43.1 Å². The number of hydrogen-bond donors (Lipinski definition) is 0. The van der Waals surface area contributed by atoms with Gasteiger partial charge in [-0.1, -0.05) is 18.2 Å². The summed E-state index contributed by atoms with van der Waals surface area (Å²) in [6.07, 6.45) is 6.32. The van der Waals surface area contributed by atoms with Crippen molar-refractivity contribution in [3.63, 3.8) is 0 Å². The molecule has 3 aliphatic rings. The number of piperidine rings is 2. The Balaban J connectivity index is 1.35. The van der Waals surface area contributed by atoms with E-state index in [1.165, 1.54) is 19.3 Å². The Morgan fingerprint density at radius 1 is 1.12 bits per heavy atom. The molecule has 6 heteroatoms. The number of amides is 1. The van der Waals surface area contributed by atoms with Gasteiger partial charge in [0.05, 0.1) is 0 Å². The molecule has 1 saturated carbocycles. The van der Waals surface area contributed by atoms with E-state index in [1.807, 2.05) is 30.3 Å². The van der Waals surface area contributed by atoms with Crippen molar-refractivity contribution in [1.29, 1.82) is 0 Å². The van der Waals surface area contributed by atoms with Gasteiger partial charge < -0.3 is 14.3 Å². The predicted octanol–water partition coefficient (Wildman–Crippen LogP) is 3.11. The van der Waals surface area contributed by atoms with Crippen molar-refractivity contribution in [2.45, 2.75) is 44.6 Å². The van der Waals surface area contributed by atoms with Crippen LogP contribution in [0.5, 0.6) is 0 Å². The first-order valence-corrected chi connectivity index (χ1v) is 9.66. The third-order valence-electron chi connectivity index (χ3n) is 6.06. The molecule has 2 aromatic rings. The quantitative estimate of drug-likeness (QED) is 0.849. The van der Waals surface area contributed by atoms with Gasteiger partial charge in [0.25, 0.3) is 11.8 Å². The number of carbonyl (C=O) groups is 1. The first-order valence-electron chi connectivity index (χ1n) is 9.66. The van der Waals surface area contributed by atoms with Crippen LogP contribution < -0.4 is 4.90 Å². The highest BCUT2D eigenvalue weighted by Crippen LogP contribution is 2.43. The van der Waals surface area contributed by atoms with Gasteiger partial charge in [-0.3, -0.25) is 4.79 Å². The van der Waals surface area contributed by atoms with E-state index in [0.29, 0.717) is 30.2 Å². The molecule has 3 fully saturated rings. The topological polar surface area (TPSA) is 62.5 Å². The first kappa shape index (κ1) is 15.9. The van der Waals surface area contributed by atoms with Crippen molar-refractivity contribution in [3.8, 4) is 11.5 Å². The lowest BCUT2D eigenvalue weighted by Crippen LogP contribution is -2.54. The molecule has 6 nitrogen and oxygen atoms in total. The average molecular weight is 352 g/mol. The van der Waals surface area contributed by atoms with Crippen molar-refractivity contribution in [1.82, 2.24) is 15.0 Å². The lowest BCUT2D eigenvalue weighted by atomic mass is 9.73. The van der Waals surface area contributed by atoms with Crippen LogP contribution in [0.25, 0.3) is 11.5 Å². The molecule has 1 aliphatic carbocycles. The molecule has 26 heavy (non-hydrogen) atoms. The smallest absolute Gasteiger partial charge is 0.266 e. The Morgan fingerprint density at radius 2 is 1.96 bits per heavy atom. The van der Waals surface area contributed by atoms with Gasteiger partial charge in [-0.15, -0.1) is 0 Å². The second-order valence-corrected chi connectivity index (χ2v) is 8.04. The molecular weight excluding hydrogens is 328 g/mol. The number of nitrogens with zero attached hydrogens (tertiary/aromatic N) is 4. The summed E-state index contributed by atoms with van der Waals surface area (Å²) in [4.78, 5) is 21.3. The zero-order valence-electron chi connectivity index (χ0n) is 14.9. The third kappa shape index (κ3) is 2.87. The number of hydrogen-bond acceptors (Lipinski definition) is 5. The molecule has 0 radical (unpaired) electrons. The van der Waals surface area contributed by atoms with Crippen molar-refractivity contribution in [2.24, 2.45) is 5.41 Å². The minimum Gasteiger partial charge on any atom is -0.339 e. The van der Waals surface area contributed by atoms with Crippen LogP contribution in [0.15, 0.2) is 34.9 Å². The molecule has 0 N–H and O–H groups in total. The Hall–Kier alpha value is -2.37. The molecule has 2 aliphatic heterocycles. The molecular formula is C20H24N4O2. The van der Waals surface area contributed by atoms with Crippen LogP contribution in [-0.2, 0) is 4.79 Å². The Bertz CT molecular complexity index is 801. The third-order valence-corrected chi connectivity index (χ3v) is 6.06. The summed E-state index contributed by atoms with van der Waals surface area (Å²) >= 11 is 0. The standard InChI is InChI=1S/C20H24N4O2/c25-17-9-11-20(14-24(17)16-7-8-16)10-4-12-23(13-20)19-21-18(26-22-19)15-5-2-1-3-6-15/h1-3,5-6,16H,4,7-14H2/t20-/m0/s1. The zero-order chi connectivity index (χ0) is 17.6. The van der Waals surface area contributed by atoms with Gasteiger partial charge in [-0.05, 0) is 49.4 Å². The van der Waals surface area contributed by atoms with Gasteiger partial charge in [0.2, 0.25) is 5.91 Å². The number of anilines is 1. The highest BCUT2D eigenvalue weighted by Gasteiger charge is 2.46. The fourth-order valence-corrected chi connectivity index (χ4v) is 4.52. The summed E-state index contributed by atoms with van der Waals surface area (Å²) in [7, 11) is 0. The number of aromatic nitrogens is 2. The number of rotatable bonds is 3. The maximum absolute atomic E-state index is 12.3. The van der Waals surface area contributed by atoms with Gasteiger partial charge >= 0.3 is 0 Å². The summed E-state index contributed by atoms with van der Waals surface area (Å²) in [6.45, 7) is 2.76. The SMILES string of the molecule is O=C1CC[C@]2(CCCN(c3noc(-c4ccccc4)n3)C2)CN1C1CC1. The van der Waals surface area contributed by atoms with Crippen molar-refractivity contribution >= 4 is 11.9 Å². The fraction of sp³-hybridized carbons (Fsp3) is 0.550. The van der Waals surface area contributed by atoms with Gasteiger partial charge in [-0.2, -0.15) is 4.98 Å². The van der Waals surface area contributed by atoms with Crippen LogP contribution in [0, 0.1) is 5.41 Å². The Kier molecular flexibility index (Phi) is 3.72. The van der Waals surface area contributed by atoms with E-state index in [1.54, 1.807) is 0 Å². The molecule has 136 valence electrons. The van der Waals surface area contributed by atoms with E-state index in [9.17, 15) is 4.79 Å². The van der Waals surface area contributed by atoms with E-state index in [0.717, 1.165) is 38.0 Å². The molecule has 1 aromatic heterocycles. The van der Waals surface area contributed by atoms with E-state index in [2.05, 4.69) is 19.9 Å². The van der Waals surface area contributed by atoms with Crippen LogP contribution in [0.4, 0.5) is 5.95 Å². The lowest BCUT2D eigenvalue weighted by molar-refractivity contribution is -0.138. The highest BCUT2D eigenvalue weighted by atomic mass is 16.5. The van der Waals surface area contributed by atoms with E-state index in [4.69, 9.17) is 4.52 Å². The van der Waals surface area contributed by atoms with Crippen LogP contribution in [0.3, 0.4) is 0 Å². The van der Waals surface area contributed by atoms with Gasteiger partial charge in [0.1, 0.15) is 0 Å². The van der Waals surface area contributed by atoms with Crippen LogP contribution in [0.2, 0.25) is 0 Å². The number of carbonyl (C=O) groups excluding carboxylic acids is 1. The Labute approximate surface area is 153 Å². The highest BCUT2D eigenvalue weighted by molar-refractivity contribution is 5.78. The zero-order valence-corrected chi connectivity index (χ0v) is 14.9. The second kappa shape index (κ2) is 6.11. The molecule has 0 unspecified atom stereocenters. The predicted molar refractivity (Wildman–Crippen MR) is 97.6 cm³/mol. The van der Waals surface area contributed by atoms with Gasteiger partial charge in [0.15, 0.2) is 0 Å². The van der Waals surface area contributed by atoms with Crippen molar-refractivity contribution in [2.75, 3.05) is 24.5 Å². The molecule has 2 saturated heterocycles. The normalized spacial score (nSPS) is 26.5. The second-order valence-electron chi connectivity index (χ2n) is 8.04. The molecule has 0 bridgehead atoms. The molecule has 1 atom stereocenters. The first-order chi connectivity index (χ1) is 12.7. The van der Waals surface area contributed by atoms with Crippen molar-refractivity contribution in [3.05, 3.63) is 30.3 Å². The van der Waals surface area contributed by atoms with Crippen LogP contribution >= 0.6 is 0 Å². The molecule has 5 rings (SSSR count). The maximum Gasteiger partial charge on any atom is 0.266 e. The van der Waals surface area contributed by atoms with Crippen LogP contribution in [0.1, 0.15) is 38.5 Å². The summed E-state index contributed by atoms with van der Waals surface area (Å²) in [5, 5.41) is 4.23. The van der Waals surface area contributed by atoms with Gasteiger partial charge in [-0.25, -0.2) is 0 Å². The number of benzene rings is 1. The average Bonchev–Trinajstić information content (AvgIpc) is 3.40.